The number of nitriles is 1. The molecule has 0 spiro atoms. The van der Waals surface area contributed by atoms with Gasteiger partial charge >= 0.3 is 0 Å². The zero-order valence-electron chi connectivity index (χ0n) is 11.6. The summed E-state index contributed by atoms with van der Waals surface area (Å²) < 4.78 is 26.5. The number of hydrogen-bond acceptors (Lipinski definition) is 6. The van der Waals surface area contributed by atoms with Gasteiger partial charge in [0.1, 0.15) is 16.7 Å². The summed E-state index contributed by atoms with van der Waals surface area (Å²) in [6.07, 6.45) is 1.26. The largest absolute Gasteiger partial charge is 0.314 e. The van der Waals surface area contributed by atoms with Crippen LogP contribution in [0.5, 0.6) is 0 Å². The van der Waals surface area contributed by atoms with E-state index >= 15 is 0 Å². The first-order valence-electron chi connectivity index (χ1n) is 6.92. The van der Waals surface area contributed by atoms with Crippen LogP contribution in [0, 0.1) is 11.3 Å². The van der Waals surface area contributed by atoms with Crippen LogP contribution in [-0.2, 0) is 10.0 Å². The van der Waals surface area contributed by atoms with Crippen molar-refractivity contribution >= 4 is 10.0 Å². The Bertz CT molecular complexity index is 640. The number of nitrogens with zero attached hydrogens (tertiary/aromatic N) is 4. The van der Waals surface area contributed by atoms with E-state index < -0.39 is 10.0 Å². The average Bonchev–Trinajstić information content (AvgIpc) is 2.46. The summed E-state index contributed by atoms with van der Waals surface area (Å²) in [6, 6.07) is 5.31. The SMILES string of the molecule is N#Cc1ccc(S(=O)(=O)N2CCN(C3CNC3)CC2)cn1. The number of aromatic nitrogens is 1. The highest BCUT2D eigenvalue weighted by Crippen LogP contribution is 2.18. The van der Waals surface area contributed by atoms with E-state index in [4.69, 9.17) is 5.26 Å². The van der Waals surface area contributed by atoms with Crippen molar-refractivity contribution < 1.29 is 8.42 Å². The molecule has 3 rings (SSSR count). The summed E-state index contributed by atoms with van der Waals surface area (Å²) in [4.78, 5) is 6.32. The van der Waals surface area contributed by atoms with Crippen molar-refractivity contribution in [3.05, 3.63) is 24.0 Å². The Morgan fingerprint density at radius 2 is 1.95 bits per heavy atom. The summed E-state index contributed by atoms with van der Waals surface area (Å²) in [5.41, 5.74) is 0.219. The summed E-state index contributed by atoms with van der Waals surface area (Å²) in [5.74, 6) is 0. The van der Waals surface area contributed by atoms with E-state index in [1.54, 1.807) is 0 Å². The van der Waals surface area contributed by atoms with Crippen molar-refractivity contribution in [2.75, 3.05) is 39.3 Å². The minimum absolute atomic E-state index is 0.153. The van der Waals surface area contributed by atoms with Crippen molar-refractivity contribution in [2.24, 2.45) is 0 Å². The zero-order chi connectivity index (χ0) is 14.9. The fourth-order valence-corrected chi connectivity index (χ4v) is 3.96. The van der Waals surface area contributed by atoms with Crippen molar-refractivity contribution in [1.29, 1.82) is 5.26 Å². The van der Waals surface area contributed by atoms with Gasteiger partial charge in [-0.3, -0.25) is 4.90 Å². The smallest absolute Gasteiger partial charge is 0.244 e. The maximum atomic E-state index is 12.5. The van der Waals surface area contributed by atoms with E-state index in [9.17, 15) is 8.42 Å². The van der Waals surface area contributed by atoms with Gasteiger partial charge in [0.15, 0.2) is 0 Å². The van der Waals surface area contributed by atoms with Gasteiger partial charge in [-0.05, 0) is 12.1 Å². The van der Waals surface area contributed by atoms with E-state index in [1.165, 1.54) is 22.6 Å². The number of pyridine rings is 1. The molecular weight excluding hydrogens is 290 g/mol. The van der Waals surface area contributed by atoms with Crippen molar-refractivity contribution in [1.82, 2.24) is 19.5 Å². The van der Waals surface area contributed by atoms with E-state index in [2.05, 4.69) is 15.2 Å². The lowest BCUT2D eigenvalue weighted by molar-refractivity contribution is 0.103. The first-order valence-corrected chi connectivity index (χ1v) is 8.36. The van der Waals surface area contributed by atoms with E-state index in [1.807, 2.05) is 6.07 Å². The Hall–Kier alpha value is -1.53. The van der Waals surface area contributed by atoms with Gasteiger partial charge in [0.25, 0.3) is 0 Å². The highest BCUT2D eigenvalue weighted by atomic mass is 32.2. The maximum Gasteiger partial charge on any atom is 0.244 e. The predicted molar refractivity (Wildman–Crippen MR) is 75.9 cm³/mol. The topological polar surface area (TPSA) is 89.3 Å². The van der Waals surface area contributed by atoms with Gasteiger partial charge in [-0.1, -0.05) is 0 Å². The van der Waals surface area contributed by atoms with Gasteiger partial charge in [0.05, 0.1) is 0 Å². The Morgan fingerprint density at radius 3 is 2.43 bits per heavy atom. The zero-order valence-corrected chi connectivity index (χ0v) is 12.4. The van der Waals surface area contributed by atoms with E-state index in [0.29, 0.717) is 19.1 Å². The molecule has 1 aromatic heterocycles. The molecule has 3 heterocycles. The lowest BCUT2D eigenvalue weighted by Gasteiger charge is -2.42. The lowest BCUT2D eigenvalue weighted by Crippen LogP contribution is -2.62. The third-order valence-corrected chi connectivity index (χ3v) is 5.92. The Labute approximate surface area is 124 Å². The third kappa shape index (κ3) is 2.78. The molecule has 1 N–H and O–H groups in total. The van der Waals surface area contributed by atoms with Gasteiger partial charge in [-0.2, -0.15) is 9.57 Å². The molecule has 0 aliphatic carbocycles. The molecule has 7 nitrogen and oxygen atoms in total. The van der Waals surface area contributed by atoms with Crippen molar-refractivity contribution in [2.45, 2.75) is 10.9 Å². The second kappa shape index (κ2) is 5.69. The molecule has 2 saturated heterocycles. The van der Waals surface area contributed by atoms with Crippen LogP contribution < -0.4 is 5.32 Å². The molecule has 1 aromatic rings. The molecule has 21 heavy (non-hydrogen) atoms. The molecule has 0 saturated carbocycles. The van der Waals surface area contributed by atoms with Crippen molar-refractivity contribution in [3.8, 4) is 6.07 Å². The monoisotopic (exact) mass is 307 g/mol. The molecular formula is C13H17N5O2S. The number of piperazine rings is 1. The minimum Gasteiger partial charge on any atom is -0.314 e. The highest BCUT2D eigenvalue weighted by Gasteiger charge is 2.32. The fraction of sp³-hybridized carbons (Fsp3) is 0.538. The molecule has 0 unspecified atom stereocenters. The van der Waals surface area contributed by atoms with Crippen LogP contribution in [-0.4, -0.2) is 67.9 Å². The van der Waals surface area contributed by atoms with Crippen LogP contribution in [0.25, 0.3) is 0 Å². The Morgan fingerprint density at radius 1 is 1.24 bits per heavy atom. The molecule has 0 atom stereocenters. The standard InChI is InChI=1S/C13H17N5O2S/c14-7-11-1-2-13(10-16-11)21(19,20)18-5-3-17(4-6-18)12-8-15-9-12/h1-2,10,12,15H,3-6,8-9H2. The first kappa shape index (κ1) is 14.4. The molecule has 0 radical (unpaired) electrons. The van der Waals surface area contributed by atoms with Crippen LogP contribution in [0.4, 0.5) is 0 Å². The minimum atomic E-state index is -3.51. The molecule has 2 aliphatic heterocycles. The number of sulfonamides is 1. The number of nitrogens with one attached hydrogen (secondary N) is 1. The summed E-state index contributed by atoms with van der Waals surface area (Å²) >= 11 is 0. The second-order valence-corrected chi connectivity index (χ2v) is 7.18. The third-order valence-electron chi connectivity index (χ3n) is 4.04. The van der Waals surface area contributed by atoms with Crippen LogP contribution in [0.3, 0.4) is 0 Å². The molecule has 2 aliphatic rings. The lowest BCUT2D eigenvalue weighted by atomic mass is 10.1. The van der Waals surface area contributed by atoms with Crippen LogP contribution in [0.2, 0.25) is 0 Å². The first-order chi connectivity index (χ1) is 10.1. The molecule has 0 aromatic carbocycles. The van der Waals surface area contributed by atoms with Crippen LogP contribution >= 0.6 is 0 Å². The van der Waals surface area contributed by atoms with Crippen LogP contribution in [0.1, 0.15) is 5.69 Å². The van der Waals surface area contributed by atoms with Crippen molar-refractivity contribution in [3.63, 3.8) is 0 Å². The van der Waals surface area contributed by atoms with Gasteiger partial charge in [0, 0.05) is 51.5 Å². The quantitative estimate of drug-likeness (QED) is 0.789. The summed E-state index contributed by atoms with van der Waals surface area (Å²) in [6.45, 7) is 4.50. The molecule has 0 amide bonds. The number of rotatable bonds is 3. The molecule has 8 heteroatoms. The van der Waals surface area contributed by atoms with E-state index in [-0.39, 0.29) is 10.6 Å². The van der Waals surface area contributed by atoms with Gasteiger partial charge < -0.3 is 5.32 Å². The molecule has 112 valence electrons. The van der Waals surface area contributed by atoms with E-state index in [0.717, 1.165) is 26.2 Å². The molecule has 0 bridgehead atoms. The Kier molecular flexibility index (Phi) is 3.91. The molecule has 2 fully saturated rings. The maximum absolute atomic E-state index is 12.5. The highest BCUT2D eigenvalue weighted by molar-refractivity contribution is 7.89. The summed E-state index contributed by atoms with van der Waals surface area (Å²) in [5, 5.41) is 11.9. The second-order valence-electron chi connectivity index (χ2n) is 5.24. The number of hydrogen-bond donors (Lipinski definition) is 1. The normalized spacial score (nSPS) is 21.7. The Balaban J connectivity index is 1.69. The van der Waals surface area contributed by atoms with Gasteiger partial charge in [0.2, 0.25) is 10.0 Å². The predicted octanol–water partition coefficient (Wildman–Crippen LogP) is -0.769. The summed E-state index contributed by atoms with van der Waals surface area (Å²) in [7, 11) is -3.51. The van der Waals surface area contributed by atoms with Gasteiger partial charge in [-0.15, -0.1) is 0 Å². The average molecular weight is 307 g/mol. The van der Waals surface area contributed by atoms with Crippen LogP contribution in [0.15, 0.2) is 23.2 Å². The van der Waals surface area contributed by atoms with Gasteiger partial charge in [-0.25, -0.2) is 13.4 Å². The fourth-order valence-electron chi connectivity index (χ4n) is 2.59.